The molecule has 1 saturated heterocycles. The SMILES string of the molecule is CN1CCCC1CNc1nc2c(cc1C(=O)O)CCCC2. The molecule has 1 aromatic rings. The van der Waals surface area contributed by atoms with E-state index in [0.29, 0.717) is 17.4 Å². The molecule has 3 rings (SSSR count). The molecule has 5 nitrogen and oxygen atoms in total. The maximum atomic E-state index is 11.5. The van der Waals surface area contributed by atoms with E-state index in [1.54, 1.807) is 0 Å². The number of carboxylic acids is 1. The average Bonchev–Trinajstić information content (AvgIpc) is 2.89. The Hall–Kier alpha value is -1.62. The van der Waals surface area contributed by atoms with Crippen molar-refractivity contribution in [3.8, 4) is 0 Å². The minimum atomic E-state index is -0.891. The van der Waals surface area contributed by atoms with Crippen molar-refractivity contribution in [1.29, 1.82) is 0 Å². The number of anilines is 1. The molecule has 1 aromatic heterocycles. The quantitative estimate of drug-likeness (QED) is 0.889. The molecule has 2 heterocycles. The third-order valence-corrected chi connectivity index (χ3v) is 4.71. The van der Waals surface area contributed by atoms with Gasteiger partial charge in [-0.1, -0.05) is 0 Å². The third-order valence-electron chi connectivity index (χ3n) is 4.71. The molecule has 0 bridgehead atoms. The summed E-state index contributed by atoms with van der Waals surface area (Å²) in [6.07, 6.45) is 6.58. The van der Waals surface area contributed by atoms with E-state index in [1.165, 1.54) is 6.42 Å². The van der Waals surface area contributed by atoms with Gasteiger partial charge >= 0.3 is 5.97 Å². The summed E-state index contributed by atoms with van der Waals surface area (Å²) in [5, 5.41) is 12.7. The molecule has 2 aliphatic rings. The summed E-state index contributed by atoms with van der Waals surface area (Å²) in [7, 11) is 2.12. The van der Waals surface area contributed by atoms with Crippen molar-refractivity contribution >= 4 is 11.8 Å². The maximum absolute atomic E-state index is 11.5. The van der Waals surface area contributed by atoms with Gasteiger partial charge in [-0.05, 0) is 63.7 Å². The summed E-state index contributed by atoms with van der Waals surface area (Å²) in [5.41, 5.74) is 2.51. The number of likely N-dealkylation sites (tertiary alicyclic amines) is 1. The normalized spacial score (nSPS) is 22.0. The highest BCUT2D eigenvalue weighted by molar-refractivity contribution is 5.93. The van der Waals surface area contributed by atoms with E-state index in [2.05, 4.69) is 22.2 Å². The van der Waals surface area contributed by atoms with E-state index < -0.39 is 5.97 Å². The number of pyridine rings is 1. The van der Waals surface area contributed by atoms with Crippen molar-refractivity contribution in [2.75, 3.05) is 25.5 Å². The Morgan fingerprint density at radius 1 is 1.43 bits per heavy atom. The van der Waals surface area contributed by atoms with Gasteiger partial charge in [0, 0.05) is 18.3 Å². The van der Waals surface area contributed by atoms with Crippen LogP contribution in [0, 0.1) is 0 Å². The first-order chi connectivity index (χ1) is 10.1. The largest absolute Gasteiger partial charge is 0.478 e. The van der Waals surface area contributed by atoms with Gasteiger partial charge in [-0.15, -0.1) is 0 Å². The lowest BCUT2D eigenvalue weighted by Gasteiger charge is -2.22. The van der Waals surface area contributed by atoms with E-state index in [4.69, 9.17) is 0 Å². The van der Waals surface area contributed by atoms with Gasteiger partial charge in [-0.2, -0.15) is 0 Å². The molecule has 0 aromatic carbocycles. The second-order valence-corrected chi connectivity index (χ2v) is 6.16. The molecule has 1 aliphatic heterocycles. The molecule has 1 atom stereocenters. The number of aromatic carboxylic acids is 1. The van der Waals surface area contributed by atoms with Crippen LogP contribution in [0.15, 0.2) is 6.07 Å². The molecule has 0 radical (unpaired) electrons. The van der Waals surface area contributed by atoms with Gasteiger partial charge < -0.3 is 15.3 Å². The van der Waals surface area contributed by atoms with Crippen LogP contribution in [-0.4, -0.2) is 47.1 Å². The number of nitrogens with zero attached hydrogens (tertiary/aromatic N) is 2. The van der Waals surface area contributed by atoms with Crippen LogP contribution in [0.3, 0.4) is 0 Å². The zero-order chi connectivity index (χ0) is 14.8. The van der Waals surface area contributed by atoms with Gasteiger partial charge in [0.15, 0.2) is 0 Å². The number of carboxylic acid groups (broad SMARTS) is 1. The second kappa shape index (κ2) is 6.02. The molecule has 1 fully saturated rings. The van der Waals surface area contributed by atoms with Crippen molar-refractivity contribution < 1.29 is 9.90 Å². The first kappa shape index (κ1) is 14.3. The van der Waals surface area contributed by atoms with Crippen molar-refractivity contribution in [3.63, 3.8) is 0 Å². The van der Waals surface area contributed by atoms with Crippen molar-refractivity contribution in [2.24, 2.45) is 0 Å². The number of carbonyl (C=O) groups is 1. The number of nitrogens with one attached hydrogen (secondary N) is 1. The van der Waals surface area contributed by atoms with Crippen molar-refractivity contribution in [1.82, 2.24) is 9.88 Å². The summed E-state index contributed by atoms with van der Waals surface area (Å²) >= 11 is 0. The second-order valence-electron chi connectivity index (χ2n) is 6.16. The van der Waals surface area contributed by atoms with Crippen LogP contribution in [0.1, 0.15) is 47.3 Å². The predicted octanol–water partition coefficient (Wildman–Crippen LogP) is 2.16. The van der Waals surface area contributed by atoms with Gasteiger partial charge in [0.1, 0.15) is 11.4 Å². The van der Waals surface area contributed by atoms with Crippen LogP contribution in [0.4, 0.5) is 5.82 Å². The Kier molecular flexibility index (Phi) is 4.10. The van der Waals surface area contributed by atoms with Crippen LogP contribution in [0.25, 0.3) is 0 Å². The minimum absolute atomic E-state index is 0.316. The number of aromatic nitrogens is 1. The smallest absolute Gasteiger partial charge is 0.339 e. The van der Waals surface area contributed by atoms with Crippen molar-refractivity contribution in [2.45, 2.75) is 44.6 Å². The van der Waals surface area contributed by atoms with Gasteiger partial charge in [0.25, 0.3) is 0 Å². The topological polar surface area (TPSA) is 65.5 Å². The van der Waals surface area contributed by atoms with Gasteiger partial charge in [0.2, 0.25) is 0 Å². The standard InChI is InChI=1S/C16H23N3O2/c1-19-8-4-6-12(19)10-17-15-13(16(20)21)9-11-5-2-3-7-14(11)18-15/h9,12H,2-8,10H2,1H3,(H,17,18)(H,20,21). The first-order valence-corrected chi connectivity index (χ1v) is 7.85. The maximum Gasteiger partial charge on any atom is 0.339 e. The summed E-state index contributed by atoms with van der Waals surface area (Å²) in [6, 6.07) is 2.30. The van der Waals surface area contributed by atoms with E-state index in [9.17, 15) is 9.90 Å². The van der Waals surface area contributed by atoms with Crippen molar-refractivity contribution in [3.05, 3.63) is 22.9 Å². The fourth-order valence-corrected chi connectivity index (χ4v) is 3.38. The number of aryl methyl sites for hydroxylation is 2. The van der Waals surface area contributed by atoms with Crippen LogP contribution in [0.2, 0.25) is 0 Å². The molecule has 1 unspecified atom stereocenters. The molecule has 114 valence electrons. The Bertz CT molecular complexity index is 545. The summed E-state index contributed by atoms with van der Waals surface area (Å²) in [5.74, 6) is -0.346. The molecule has 2 N–H and O–H groups in total. The lowest BCUT2D eigenvalue weighted by Crippen LogP contribution is -2.32. The molecule has 21 heavy (non-hydrogen) atoms. The van der Waals surface area contributed by atoms with E-state index in [0.717, 1.165) is 56.5 Å². The number of hydrogen-bond donors (Lipinski definition) is 2. The van der Waals surface area contributed by atoms with E-state index >= 15 is 0 Å². The Labute approximate surface area is 125 Å². The summed E-state index contributed by atoms with van der Waals surface area (Å²) in [6.45, 7) is 1.89. The summed E-state index contributed by atoms with van der Waals surface area (Å²) < 4.78 is 0. The van der Waals surface area contributed by atoms with Crippen LogP contribution >= 0.6 is 0 Å². The van der Waals surface area contributed by atoms with E-state index in [1.807, 2.05) is 6.07 Å². The highest BCUT2D eigenvalue weighted by Gasteiger charge is 2.23. The lowest BCUT2D eigenvalue weighted by molar-refractivity contribution is 0.0697. The van der Waals surface area contributed by atoms with Gasteiger partial charge in [-0.25, -0.2) is 9.78 Å². The Balaban J connectivity index is 1.80. The Morgan fingerprint density at radius 3 is 2.95 bits per heavy atom. The van der Waals surface area contributed by atoms with E-state index in [-0.39, 0.29) is 0 Å². The molecule has 1 aliphatic carbocycles. The number of likely N-dealkylation sites (N-methyl/N-ethyl adjacent to an activating group) is 1. The average molecular weight is 289 g/mol. The highest BCUT2D eigenvalue weighted by atomic mass is 16.4. The predicted molar refractivity (Wildman–Crippen MR) is 82.0 cm³/mol. The van der Waals surface area contributed by atoms with Crippen LogP contribution < -0.4 is 5.32 Å². The fourth-order valence-electron chi connectivity index (χ4n) is 3.38. The zero-order valence-electron chi connectivity index (χ0n) is 12.6. The lowest BCUT2D eigenvalue weighted by atomic mass is 9.94. The molecule has 5 heteroatoms. The summed E-state index contributed by atoms with van der Waals surface area (Å²) in [4.78, 5) is 18.4. The first-order valence-electron chi connectivity index (χ1n) is 7.85. The Morgan fingerprint density at radius 2 is 2.24 bits per heavy atom. The molecule has 0 amide bonds. The third kappa shape index (κ3) is 3.02. The molecular formula is C16H23N3O2. The minimum Gasteiger partial charge on any atom is -0.478 e. The van der Waals surface area contributed by atoms with Gasteiger partial charge in [-0.3, -0.25) is 0 Å². The fraction of sp³-hybridized carbons (Fsp3) is 0.625. The number of hydrogen-bond acceptors (Lipinski definition) is 4. The number of rotatable bonds is 4. The highest BCUT2D eigenvalue weighted by Crippen LogP contribution is 2.25. The van der Waals surface area contributed by atoms with Gasteiger partial charge in [0.05, 0.1) is 0 Å². The molecule has 0 spiro atoms. The monoisotopic (exact) mass is 289 g/mol. The molecule has 0 saturated carbocycles. The van der Waals surface area contributed by atoms with Crippen LogP contribution in [-0.2, 0) is 12.8 Å². The number of fused-ring (bicyclic) bond motifs is 1. The molecular weight excluding hydrogens is 266 g/mol. The zero-order valence-corrected chi connectivity index (χ0v) is 12.6. The van der Waals surface area contributed by atoms with Crippen LogP contribution in [0.5, 0.6) is 0 Å².